The predicted octanol–water partition coefficient (Wildman–Crippen LogP) is 5.56. The smallest absolute Gasteiger partial charge is 0.120 e. The molecular formula is C16H16Br2O. The van der Waals surface area contributed by atoms with E-state index in [-0.39, 0.29) is 4.83 Å². The highest BCUT2D eigenvalue weighted by atomic mass is 79.9. The molecule has 0 fully saturated rings. The summed E-state index contributed by atoms with van der Waals surface area (Å²) in [5.41, 5.74) is 5.09. The molecule has 2 rings (SSSR count). The van der Waals surface area contributed by atoms with Gasteiger partial charge in [0.2, 0.25) is 0 Å². The molecule has 0 aliphatic carbocycles. The van der Waals surface area contributed by atoms with Gasteiger partial charge in [0.15, 0.2) is 0 Å². The number of ether oxygens (including phenoxy) is 1. The summed E-state index contributed by atoms with van der Waals surface area (Å²) in [6.45, 7) is 4.27. The molecule has 1 nitrogen and oxygen atoms in total. The maximum atomic E-state index is 5.22. The number of hydrogen-bond donors (Lipinski definition) is 0. The minimum atomic E-state index is 0.173. The van der Waals surface area contributed by atoms with Crippen LogP contribution < -0.4 is 4.74 Å². The van der Waals surface area contributed by atoms with Crippen LogP contribution in [0.2, 0.25) is 0 Å². The molecule has 1 atom stereocenters. The first-order valence-corrected chi connectivity index (χ1v) is 7.78. The fourth-order valence-corrected chi connectivity index (χ4v) is 3.52. The van der Waals surface area contributed by atoms with Crippen LogP contribution in [-0.2, 0) is 0 Å². The Morgan fingerprint density at radius 3 is 2.32 bits per heavy atom. The largest absolute Gasteiger partial charge is 0.497 e. The van der Waals surface area contributed by atoms with Crippen LogP contribution in [0.15, 0.2) is 40.9 Å². The molecule has 0 N–H and O–H groups in total. The topological polar surface area (TPSA) is 9.23 Å². The molecule has 19 heavy (non-hydrogen) atoms. The zero-order valence-electron chi connectivity index (χ0n) is 11.2. The Bertz CT molecular complexity index is 593. The second-order valence-corrected chi connectivity index (χ2v) is 6.36. The van der Waals surface area contributed by atoms with Crippen molar-refractivity contribution in [3.63, 3.8) is 0 Å². The van der Waals surface area contributed by atoms with Crippen LogP contribution in [0.1, 0.15) is 27.1 Å². The lowest BCUT2D eigenvalue weighted by atomic mass is 10.0. The van der Waals surface area contributed by atoms with Gasteiger partial charge in [0.05, 0.1) is 11.9 Å². The van der Waals surface area contributed by atoms with E-state index >= 15 is 0 Å². The van der Waals surface area contributed by atoms with E-state index in [2.05, 4.69) is 70.0 Å². The van der Waals surface area contributed by atoms with Gasteiger partial charge in [-0.1, -0.05) is 56.1 Å². The number of halogens is 2. The van der Waals surface area contributed by atoms with Crippen molar-refractivity contribution in [2.75, 3.05) is 7.11 Å². The molecule has 1 unspecified atom stereocenters. The van der Waals surface area contributed by atoms with Crippen molar-refractivity contribution >= 4 is 31.9 Å². The van der Waals surface area contributed by atoms with Crippen LogP contribution in [0.25, 0.3) is 0 Å². The van der Waals surface area contributed by atoms with Crippen LogP contribution in [0.5, 0.6) is 5.75 Å². The standard InChI is InChI=1S/C16H16Br2O/c1-10-4-5-12(8-11(10)2)16(18)14-7-6-13(19-3)9-15(14)17/h4-9,16H,1-3H3. The molecule has 0 spiro atoms. The maximum absolute atomic E-state index is 5.22. The van der Waals surface area contributed by atoms with Crippen molar-refractivity contribution < 1.29 is 4.74 Å². The van der Waals surface area contributed by atoms with E-state index in [0.717, 1.165) is 10.2 Å². The normalized spacial score (nSPS) is 12.3. The van der Waals surface area contributed by atoms with E-state index < -0.39 is 0 Å². The average Bonchev–Trinajstić information content (AvgIpc) is 2.41. The zero-order valence-corrected chi connectivity index (χ0v) is 14.4. The van der Waals surface area contributed by atoms with Crippen molar-refractivity contribution in [2.45, 2.75) is 18.7 Å². The van der Waals surface area contributed by atoms with Gasteiger partial charge >= 0.3 is 0 Å². The fourth-order valence-electron chi connectivity index (χ4n) is 1.94. The summed E-state index contributed by atoms with van der Waals surface area (Å²) < 4.78 is 6.27. The molecule has 0 amide bonds. The second-order valence-electron chi connectivity index (χ2n) is 4.59. The van der Waals surface area contributed by atoms with Gasteiger partial charge in [0, 0.05) is 4.47 Å². The maximum Gasteiger partial charge on any atom is 0.120 e. The van der Waals surface area contributed by atoms with E-state index in [1.165, 1.54) is 22.3 Å². The Balaban J connectivity index is 2.38. The van der Waals surface area contributed by atoms with Gasteiger partial charge in [-0.05, 0) is 48.2 Å². The van der Waals surface area contributed by atoms with Crippen LogP contribution in [-0.4, -0.2) is 7.11 Å². The molecule has 2 aromatic carbocycles. The van der Waals surface area contributed by atoms with Gasteiger partial charge < -0.3 is 4.74 Å². The third-order valence-corrected chi connectivity index (χ3v) is 5.01. The van der Waals surface area contributed by atoms with Crippen LogP contribution in [0.3, 0.4) is 0 Å². The number of rotatable bonds is 3. The molecule has 0 aliphatic rings. The summed E-state index contributed by atoms with van der Waals surface area (Å²) in [5, 5.41) is 0. The highest BCUT2D eigenvalue weighted by Crippen LogP contribution is 2.37. The quantitative estimate of drug-likeness (QED) is 0.630. The molecule has 3 heteroatoms. The molecule has 0 saturated carbocycles. The second kappa shape index (κ2) is 6.10. The summed E-state index contributed by atoms with van der Waals surface area (Å²) in [4.78, 5) is 0.173. The first-order valence-electron chi connectivity index (χ1n) is 6.07. The zero-order chi connectivity index (χ0) is 14.0. The number of benzene rings is 2. The van der Waals surface area contributed by atoms with E-state index in [1.807, 2.05) is 12.1 Å². The number of alkyl halides is 1. The molecule has 0 aliphatic heterocycles. The predicted molar refractivity (Wildman–Crippen MR) is 87.4 cm³/mol. The summed E-state index contributed by atoms with van der Waals surface area (Å²) in [6, 6.07) is 12.6. The summed E-state index contributed by atoms with van der Waals surface area (Å²) in [5.74, 6) is 0.857. The first-order chi connectivity index (χ1) is 9.02. The highest BCUT2D eigenvalue weighted by Gasteiger charge is 2.14. The van der Waals surface area contributed by atoms with Crippen LogP contribution >= 0.6 is 31.9 Å². The SMILES string of the molecule is COc1ccc(C(Br)c2ccc(C)c(C)c2)c(Br)c1. The van der Waals surface area contributed by atoms with Gasteiger partial charge in [-0.2, -0.15) is 0 Å². The summed E-state index contributed by atoms with van der Waals surface area (Å²) in [7, 11) is 1.68. The summed E-state index contributed by atoms with van der Waals surface area (Å²) >= 11 is 7.39. The van der Waals surface area contributed by atoms with E-state index in [9.17, 15) is 0 Å². The van der Waals surface area contributed by atoms with Crippen molar-refractivity contribution in [3.05, 3.63) is 63.1 Å². The number of aryl methyl sites for hydroxylation is 2. The average molecular weight is 384 g/mol. The Hall–Kier alpha value is -0.800. The molecular weight excluding hydrogens is 368 g/mol. The lowest BCUT2D eigenvalue weighted by Crippen LogP contribution is -1.96. The molecule has 2 aromatic rings. The lowest BCUT2D eigenvalue weighted by molar-refractivity contribution is 0.414. The molecule has 0 radical (unpaired) electrons. The van der Waals surface area contributed by atoms with Gasteiger partial charge in [0.1, 0.15) is 5.75 Å². The van der Waals surface area contributed by atoms with Gasteiger partial charge in [0.25, 0.3) is 0 Å². The Morgan fingerprint density at radius 1 is 1.00 bits per heavy atom. The van der Waals surface area contributed by atoms with Crippen LogP contribution in [0, 0.1) is 13.8 Å². The number of hydrogen-bond acceptors (Lipinski definition) is 1. The Labute approximate surface area is 131 Å². The third kappa shape index (κ3) is 3.21. The van der Waals surface area contributed by atoms with Crippen molar-refractivity contribution in [3.8, 4) is 5.75 Å². The fraction of sp³-hybridized carbons (Fsp3) is 0.250. The minimum Gasteiger partial charge on any atom is -0.497 e. The van der Waals surface area contributed by atoms with E-state index in [1.54, 1.807) is 7.11 Å². The molecule has 100 valence electrons. The van der Waals surface area contributed by atoms with E-state index in [4.69, 9.17) is 4.74 Å². The first kappa shape index (κ1) is 14.6. The van der Waals surface area contributed by atoms with Gasteiger partial charge in [-0.15, -0.1) is 0 Å². The summed E-state index contributed by atoms with van der Waals surface area (Å²) in [6.07, 6.45) is 0. The van der Waals surface area contributed by atoms with Crippen molar-refractivity contribution in [1.29, 1.82) is 0 Å². The highest BCUT2D eigenvalue weighted by molar-refractivity contribution is 9.11. The van der Waals surface area contributed by atoms with Gasteiger partial charge in [-0.25, -0.2) is 0 Å². The lowest BCUT2D eigenvalue weighted by Gasteiger charge is -2.15. The molecule has 0 saturated heterocycles. The third-order valence-electron chi connectivity index (χ3n) is 3.30. The number of methoxy groups -OCH3 is 1. The minimum absolute atomic E-state index is 0.173. The van der Waals surface area contributed by atoms with Crippen molar-refractivity contribution in [1.82, 2.24) is 0 Å². The Morgan fingerprint density at radius 2 is 1.74 bits per heavy atom. The van der Waals surface area contributed by atoms with Gasteiger partial charge in [-0.3, -0.25) is 0 Å². The molecule has 0 bridgehead atoms. The van der Waals surface area contributed by atoms with E-state index in [0.29, 0.717) is 0 Å². The molecule has 0 aromatic heterocycles. The molecule has 0 heterocycles. The van der Waals surface area contributed by atoms with Crippen LogP contribution in [0.4, 0.5) is 0 Å². The Kier molecular flexibility index (Phi) is 4.69. The van der Waals surface area contributed by atoms with Crippen molar-refractivity contribution in [2.24, 2.45) is 0 Å². The monoisotopic (exact) mass is 382 g/mol.